The van der Waals surface area contributed by atoms with E-state index in [2.05, 4.69) is 80.8 Å². The van der Waals surface area contributed by atoms with Crippen LogP contribution in [0.25, 0.3) is 0 Å². The molecular weight excluding hydrogens is 1000 g/mol. The van der Waals surface area contributed by atoms with Crippen molar-refractivity contribution in [3.63, 3.8) is 0 Å². The maximum absolute atomic E-state index is 13.5. The first-order valence-corrected chi connectivity index (χ1v) is 34.8. The van der Waals surface area contributed by atoms with E-state index in [1.165, 1.54) is 193 Å². The third kappa shape index (κ3) is 59.9. The zero-order valence-electron chi connectivity index (χ0n) is 52.6. The summed E-state index contributed by atoms with van der Waals surface area (Å²) in [5.41, 5.74) is 0. The number of carbonyl (C=O) groups is 2. The van der Waals surface area contributed by atoms with Crippen molar-refractivity contribution in [1.82, 2.24) is 5.32 Å². The highest BCUT2D eigenvalue weighted by molar-refractivity contribution is 7.47. The molecule has 0 radical (unpaired) electrons. The van der Waals surface area contributed by atoms with Gasteiger partial charge in [-0.25, -0.2) is 4.57 Å². The SMILES string of the molecule is CC/C=C/C/C=C/C/C=C/C/C=C/C/C=C/CCC(=O)NC(COP(=O)(O)OCC[N+](C)(C)C)C(/C=C\CCCCCCCCCCCC)OC(=O)CCCCCCCCCCCCCCCCCCCCCCCCCCC. The van der Waals surface area contributed by atoms with Crippen LogP contribution in [0.5, 0.6) is 0 Å². The number of nitrogens with one attached hydrogen (secondary N) is 1. The summed E-state index contributed by atoms with van der Waals surface area (Å²) in [6.45, 7) is 6.87. The van der Waals surface area contributed by atoms with Crippen LogP contribution in [0.1, 0.15) is 303 Å². The Morgan fingerprint density at radius 3 is 1.22 bits per heavy atom. The molecule has 0 aromatic carbocycles. The Hall–Kier alpha value is -2.55. The van der Waals surface area contributed by atoms with E-state index in [1.807, 2.05) is 39.4 Å². The Bertz CT molecular complexity index is 1580. The van der Waals surface area contributed by atoms with Crippen LogP contribution in [0.2, 0.25) is 0 Å². The summed E-state index contributed by atoms with van der Waals surface area (Å²) in [6.07, 6.45) is 76.6. The lowest BCUT2D eigenvalue weighted by atomic mass is 10.0. The van der Waals surface area contributed by atoms with Gasteiger partial charge in [0.2, 0.25) is 5.91 Å². The van der Waals surface area contributed by atoms with Crippen LogP contribution in [0.3, 0.4) is 0 Å². The summed E-state index contributed by atoms with van der Waals surface area (Å²) in [5, 5.41) is 3.01. The summed E-state index contributed by atoms with van der Waals surface area (Å²) in [4.78, 5) is 37.7. The summed E-state index contributed by atoms with van der Waals surface area (Å²) < 4.78 is 30.7. The number of hydrogen-bond acceptors (Lipinski definition) is 6. The maximum Gasteiger partial charge on any atom is 0.472 e. The van der Waals surface area contributed by atoms with Gasteiger partial charge in [0.1, 0.15) is 19.3 Å². The molecule has 0 aromatic rings. The van der Waals surface area contributed by atoms with Crippen LogP contribution in [0.4, 0.5) is 0 Å². The molecule has 460 valence electrons. The second kappa shape index (κ2) is 58.6. The lowest BCUT2D eigenvalue weighted by Crippen LogP contribution is -2.47. The van der Waals surface area contributed by atoms with E-state index in [0.717, 1.165) is 70.6 Å². The zero-order valence-corrected chi connectivity index (χ0v) is 53.5. The van der Waals surface area contributed by atoms with E-state index in [-0.39, 0.29) is 37.9 Å². The largest absolute Gasteiger partial charge is 0.472 e. The molecule has 10 heteroatoms. The van der Waals surface area contributed by atoms with Gasteiger partial charge in [-0.2, -0.15) is 0 Å². The molecule has 3 unspecified atom stereocenters. The number of carbonyl (C=O) groups excluding carboxylic acids is 2. The van der Waals surface area contributed by atoms with E-state index >= 15 is 0 Å². The molecule has 0 spiro atoms. The molecule has 0 aliphatic carbocycles. The Labute approximate surface area is 489 Å². The number of phosphoric acid groups is 1. The monoisotopic (exact) mass is 1130 g/mol. The van der Waals surface area contributed by atoms with Crippen LogP contribution in [-0.2, 0) is 27.9 Å². The fourth-order valence-electron chi connectivity index (χ4n) is 9.58. The van der Waals surface area contributed by atoms with Crippen molar-refractivity contribution in [2.75, 3.05) is 40.9 Å². The Kier molecular flexibility index (Phi) is 56.7. The van der Waals surface area contributed by atoms with Gasteiger partial charge < -0.3 is 19.4 Å². The van der Waals surface area contributed by atoms with Gasteiger partial charge in [-0.05, 0) is 63.9 Å². The predicted octanol–water partition coefficient (Wildman–Crippen LogP) is 20.8. The highest BCUT2D eigenvalue weighted by atomic mass is 31.2. The van der Waals surface area contributed by atoms with Crippen molar-refractivity contribution in [2.24, 2.45) is 0 Å². The lowest BCUT2D eigenvalue weighted by molar-refractivity contribution is -0.870. The molecule has 2 N–H and O–H groups in total. The molecule has 0 saturated heterocycles. The molecule has 0 aliphatic heterocycles. The second-order valence-electron chi connectivity index (χ2n) is 23.6. The van der Waals surface area contributed by atoms with Crippen molar-refractivity contribution in [1.29, 1.82) is 0 Å². The molecule has 3 atom stereocenters. The number of allylic oxidation sites excluding steroid dienone is 11. The highest BCUT2D eigenvalue weighted by Gasteiger charge is 2.30. The smallest absolute Gasteiger partial charge is 0.456 e. The molecule has 0 aliphatic rings. The molecule has 1 amide bonds. The number of phosphoric ester groups is 1. The van der Waals surface area contributed by atoms with Crippen molar-refractivity contribution in [2.45, 2.75) is 315 Å². The first-order valence-electron chi connectivity index (χ1n) is 33.3. The van der Waals surface area contributed by atoms with Crippen LogP contribution < -0.4 is 5.32 Å². The normalized spacial score (nSPS) is 14.1. The molecule has 0 saturated carbocycles. The fraction of sp³-hybridized carbons (Fsp3) is 0.797. The molecule has 0 rings (SSSR count). The van der Waals surface area contributed by atoms with Gasteiger partial charge in [0, 0.05) is 12.8 Å². The number of rotatable bonds is 60. The average molecular weight is 1130 g/mol. The van der Waals surface area contributed by atoms with Crippen molar-refractivity contribution in [3.8, 4) is 0 Å². The number of esters is 1. The zero-order chi connectivity index (χ0) is 57.9. The third-order valence-electron chi connectivity index (χ3n) is 14.7. The van der Waals surface area contributed by atoms with E-state index in [4.69, 9.17) is 13.8 Å². The van der Waals surface area contributed by atoms with Gasteiger partial charge in [-0.1, -0.05) is 299 Å². The third-order valence-corrected chi connectivity index (χ3v) is 15.7. The minimum Gasteiger partial charge on any atom is -0.456 e. The number of hydrogen-bond donors (Lipinski definition) is 2. The van der Waals surface area contributed by atoms with Crippen LogP contribution >= 0.6 is 7.82 Å². The Balaban J connectivity index is 5.14. The quantitative estimate of drug-likeness (QED) is 0.0205. The minimum absolute atomic E-state index is 0.0261. The van der Waals surface area contributed by atoms with Crippen LogP contribution in [-0.4, -0.2) is 74.3 Å². The maximum atomic E-state index is 13.5. The summed E-state index contributed by atoms with van der Waals surface area (Å²) in [7, 11) is 1.45. The molecule has 0 aromatic heterocycles. The number of likely N-dealkylation sites (N-methyl/N-ethyl adjacent to an activating group) is 1. The standard InChI is InChI=1S/C69H127N2O7P/c1-7-10-13-16-19-22-25-28-30-32-33-34-35-36-37-38-39-40-42-44-47-50-53-56-59-62-69(73)78-67(60-57-54-51-48-45-27-24-21-18-15-12-9-3)66(65-77-79(74,75)76-64-63-71(4,5)6)70-68(72)61-58-55-52-49-46-43-41-31-29-26-23-20-17-14-11-8-2/h11,14,20,23,29,31,43,46,52,55,57,60,66-67H,7-10,12-13,15-19,21-22,24-28,30,32-42,44-45,47-51,53-54,56,58-59,61-65H2,1-6H3,(H-,70,72,74,75)/p+1/b14-11+,23-20+,31-29+,46-43+,55-52+,60-57-. The molecular formula is C69H128N2O7P+. The first-order chi connectivity index (χ1) is 38.4. The van der Waals surface area contributed by atoms with Crippen LogP contribution in [0.15, 0.2) is 72.9 Å². The fourth-order valence-corrected chi connectivity index (χ4v) is 10.3. The van der Waals surface area contributed by atoms with E-state index in [9.17, 15) is 19.0 Å². The molecule has 0 fully saturated rings. The van der Waals surface area contributed by atoms with E-state index < -0.39 is 20.0 Å². The van der Waals surface area contributed by atoms with Crippen molar-refractivity contribution < 1.29 is 37.3 Å². The van der Waals surface area contributed by atoms with Crippen molar-refractivity contribution in [3.05, 3.63) is 72.9 Å². The molecule has 0 heterocycles. The van der Waals surface area contributed by atoms with Gasteiger partial charge in [0.15, 0.2) is 0 Å². The van der Waals surface area contributed by atoms with Crippen molar-refractivity contribution >= 4 is 19.7 Å². The summed E-state index contributed by atoms with van der Waals surface area (Å²) in [5.74, 6) is -0.593. The summed E-state index contributed by atoms with van der Waals surface area (Å²) >= 11 is 0. The summed E-state index contributed by atoms with van der Waals surface area (Å²) in [6, 6.07) is -0.889. The lowest BCUT2D eigenvalue weighted by Gasteiger charge is -2.27. The van der Waals surface area contributed by atoms with Gasteiger partial charge in [0.05, 0.1) is 33.8 Å². The second-order valence-corrected chi connectivity index (χ2v) is 25.1. The minimum atomic E-state index is -4.47. The van der Waals surface area contributed by atoms with Gasteiger partial charge in [0.25, 0.3) is 0 Å². The van der Waals surface area contributed by atoms with E-state index in [0.29, 0.717) is 17.4 Å². The first kappa shape index (κ1) is 76.5. The van der Waals surface area contributed by atoms with Gasteiger partial charge in [-0.15, -0.1) is 0 Å². The van der Waals surface area contributed by atoms with Gasteiger partial charge >= 0.3 is 13.8 Å². The predicted molar refractivity (Wildman–Crippen MR) is 341 cm³/mol. The molecule has 79 heavy (non-hydrogen) atoms. The number of nitrogens with zero attached hydrogens (tertiary/aromatic N) is 1. The topological polar surface area (TPSA) is 111 Å². The number of quaternary nitrogens is 1. The van der Waals surface area contributed by atoms with E-state index in [1.54, 1.807) is 0 Å². The highest BCUT2D eigenvalue weighted by Crippen LogP contribution is 2.43. The molecule has 9 nitrogen and oxygen atoms in total. The van der Waals surface area contributed by atoms with Gasteiger partial charge in [-0.3, -0.25) is 18.6 Å². The molecule has 0 bridgehead atoms. The average Bonchev–Trinajstić information content (AvgIpc) is 3.41. The number of unbranched alkanes of at least 4 members (excludes halogenated alkanes) is 34. The number of ether oxygens (including phenoxy) is 1. The Morgan fingerprint density at radius 2 is 0.823 bits per heavy atom. The Morgan fingerprint density at radius 1 is 0.456 bits per heavy atom. The van der Waals surface area contributed by atoms with Crippen LogP contribution in [0, 0.1) is 0 Å². The number of amides is 1.